The molecule has 0 amide bonds. The minimum atomic E-state index is -3.65. The number of sulfonamides is 1. The summed E-state index contributed by atoms with van der Waals surface area (Å²) in [6, 6.07) is 4.90. The smallest absolute Gasteiger partial charge is 0.207 e. The topological polar surface area (TPSA) is 61.2 Å². The number of halogens is 1. The molecule has 4 nitrogen and oxygen atoms in total. The lowest BCUT2D eigenvalue weighted by atomic mass is 10.2. The third kappa shape index (κ3) is 2.28. The van der Waals surface area contributed by atoms with Crippen molar-refractivity contribution in [1.29, 1.82) is 5.26 Å². The van der Waals surface area contributed by atoms with Gasteiger partial charge in [-0.2, -0.15) is 9.57 Å². The fourth-order valence-electron chi connectivity index (χ4n) is 1.74. The monoisotopic (exact) mass is 266 g/mol. The lowest BCUT2D eigenvalue weighted by molar-refractivity contribution is 0.437. The van der Waals surface area contributed by atoms with E-state index in [2.05, 4.69) is 0 Å². The molecule has 1 aromatic rings. The second kappa shape index (κ2) is 4.88. The highest BCUT2D eigenvalue weighted by molar-refractivity contribution is 7.89. The molecule has 0 N–H and O–H groups in total. The second-order valence-electron chi connectivity index (χ2n) is 3.88. The van der Waals surface area contributed by atoms with Gasteiger partial charge in [0.25, 0.3) is 0 Å². The van der Waals surface area contributed by atoms with Crippen molar-refractivity contribution in [2.45, 2.75) is 11.3 Å². The van der Waals surface area contributed by atoms with E-state index in [0.29, 0.717) is 19.5 Å². The third-order valence-corrected chi connectivity index (χ3v) is 4.58. The Morgan fingerprint density at radius 3 is 2.72 bits per heavy atom. The molecule has 0 saturated heterocycles. The van der Waals surface area contributed by atoms with E-state index in [1.165, 1.54) is 10.4 Å². The molecular formula is C12H11FN2O2S. The first-order valence-corrected chi connectivity index (χ1v) is 6.84. The molecule has 94 valence electrons. The Bertz CT molecular complexity index is 632. The van der Waals surface area contributed by atoms with E-state index in [9.17, 15) is 12.8 Å². The quantitative estimate of drug-likeness (QED) is 0.765. The number of nitriles is 1. The Labute approximate surface area is 105 Å². The first kappa shape index (κ1) is 12.7. The summed E-state index contributed by atoms with van der Waals surface area (Å²) >= 11 is 0. The van der Waals surface area contributed by atoms with Gasteiger partial charge in [-0.05, 0) is 24.6 Å². The standard InChI is InChI=1S/C12H11FN2O2S/c13-12-5-4-11(8-10(12)9-14)18(16,17)15-6-2-1-3-7-15/h1-2,4-5,8H,3,6-7H2. The lowest BCUT2D eigenvalue weighted by Crippen LogP contribution is -2.33. The first-order chi connectivity index (χ1) is 8.55. The number of rotatable bonds is 2. The summed E-state index contributed by atoms with van der Waals surface area (Å²) in [6.07, 6.45) is 4.35. The van der Waals surface area contributed by atoms with Gasteiger partial charge in [0, 0.05) is 13.1 Å². The van der Waals surface area contributed by atoms with E-state index in [1.807, 2.05) is 6.08 Å². The molecule has 0 atom stereocenters. The van der Waals surface area contributed by atoms with Crippen LogP contribution in [0.4, 0.5) is 4.39 Å². The fraction of sp³-hybridized carbons (Fsp3) is 0.250. The molecule has 0 aromatic heterocycles. The van der Waals surface area contributed by atoms with Crippen LogP contribution in [0.3, 0.4) is 0 Å². The molecule has 6 heteroatoms. The van der Waals surface area contributed by atoms with E-state index >= 15 is 0 Å². The molecular weight excluding hydrogens is 255 g/mol. The van der Waals surface area contributed by atoms with Crippen molar-refractivity contribution in [3.8, 4) is 6.07 Å². The number of nitrogens with zero attached hydrogens (tertiary/aromatic N) is 2. The van der Waals surface area contributed by atoms with Crippen LogP contribution in [0.1, 0.15) is 12.0 Å². The van der Waals surface area contributed by atoms with Gasteiger partial charge in [0.2, 0.25) is 10.0 Å². The average molecular weight is 266 g/mol. The highest BCUT2D eigenvalue weighted by Crippen LogP contribution is 2.20. The van der Waals surface area contributed by atoms with Gasteiger partial charge in [0.05, 0.1) is 10.5 Å². The van der Waals surface area contributed by atoms with E-state index in [-0.39, 0.29) is 10.5 Å². The van der Waals surface area contributed by atoms with Gasteiger partial charge in [0.15, 0.2) is 0 Å². The van der Waals surface area contributed by atoms with Gasteiger partial charge in [0.1, 0.15) is 11.9 Å². The molecule has 1 aliphatic rings. The molecule has 1 aromatic carbocycles. The zero-order valence-corrected chi connectivity index (χ0v) is 10.3. The highest BCUT2D eigenvalue weighted by atomic mass is 32.2. The van der Waals surface area contributed by atoms with Crippen LogP contribution >= 0.6 is 0 Å². The maximum atomic E-state index is 13.2. The number of hydrogen-bond acceptors (Lipinski definition) is 3. The van der Waals surface area contributed by atoms with Gasteiger partial charge in [-0.3, -0.25) is 0 Å². The SMILES string of the molecule is N#Cc1cc(S(=O)(=O)N2CC=CCC2)ccc1F. The van der Waals surface area contributed by atoms with E-state index in [4.69, 9.17) is 5.26 Å². The molecule has 2 rings (SSSR count). The molecule has 18 heavy (non-hydrogen) atoms. The fourth-order valence-corrected chi connectivity index (χ4v) is 3.17. The molecule has 0 unspecified atom stereocenters. The Morgan fingerprint density at radius 1 is 1.33 bits per heavy atom. The number of hydrogen-bond donors (Lipinski definition) is 0. The molecule has 0 aliphatic carbocycles. The van der Waals surface area contributed by atoms with Crippen molar-refractivity contribution < 1.29 is 12.8 Å². The Balaban J connectivity index is 2.42. The summed E-state index contributed by atoms with van der Waals surface area (Å²) in [7, 11) is -3.65. The molecule has 0 radical (unpaired) electrons. The van der Waals surface area contributed by atoms with E-state index in [0.717, 1.165) is 12.1 Å². The van der Waals surface area contributed by atoms with E-state index < -0.39 is 15.8 Å². The van der Waals surface area contributed by atoms with Crippen LogP contribution in [-0.2, 0) is 10.0 Å². The number of benzene rings is 1. The molecule has 1 aliphatic heterocycles. The highest BCUT2D eigenvalue weighted by Gasteiger charge is 2.25. The van der Waals surface area contributed by atoms with Crippen molar-refractivity contribution >= 4 is 10.0 Å². The maximum absolute atomic E-state index is 13.2. The summed E-state index contributed by atoms with van der Waals surface area (Å²) in [5.41, 5.74) is -0.261. The summed E-state index contributed by atoms with van der Waals surface area (Å²) in [5.74, 6) is -0.713. The van der Waals surface area contributed by atoms with Crippen molar-refractivity contribution in [2.24, 2.45) is 0 Å². The van der Waals surface area contributed by atoms with Gasteiger partial charge < -0.3 is 0 Å². The van der Waals surface area contributed by atoms with Crippen LogP contribution in [-0.4, -0.2) is 25.8 Å². The molecule has 0 spiro atoms. The molecule has 0 bridgehead atoms. The Kier molecular flexibility index (Phi) is 3.45. The first-order valence-electron chi connectivity index (χ1n) is 5.40. The van der Waals surface area contributed by atoms with E-state index in [1.54, 1.807) is 12.1 Å². The molecule has 1 heterocycles. The van der Waals surface area contributed by atoms with Crippen LogP contribution in [0.15, 0.2) is 35.2 Å². The van der Waals surface area contributed by atoms with Crippen LogP contribution in [0.2, 0.25) is 0 Å². The summed E-state index contributed by atoms with van der Waals surface area (Å²) in [5, 5.41) is 8.71. The summed E-state index contributed by atoms with van der Waals surface area (Å²) < 4.78 is 38.9. The average Bonchev–Trinajstić information content (AvgIpc) is 2.40. The van der Waals surface area contributed by atoms with Crippen LogP contribution < -0.4 is 0 Å². The van der Waals surface area contributed by atoms with Crippen molar-refractivity contribution in [2.75, 3.05) is 13.1 Å². The largest absolute Gasteiger partial charge is 0.243 e. The minimum absolute atomic E-state index is 0.0456. The van der Waals surface area contributed by atoms with Crippen LogP contribution in [0.5, 0.6) is 0 Å². The zero-order chi connectivity index (χ0) is 13.2. The van der Waals surface area contributed by atoms with Gasteiger partial charge >= 0.3 is 0 Å². The zero-order valence-electron chi connectivity index (χ0n) is 9.51. The lowest BCUT2D eigenvalue weighted by Gasteiger charge is -2.22. The van der Waals surface area contributed by atoms with Crippen molar-refractivity contribution in [3.63, 3.8) is 0 Å². The Morgan fingerprint density at radius 2 is 2.11 bits per heavy atom. The van der Waals surface area contributed by atoms with Gasteiger partial charge in [-0.25, -0.2) is 12.8 Å². The minimum Gasteiger partial charge on any atom is -0.207 e. The predicted octanol–water partition coefficient (Wildman–Crippen LogP) is 1.65. The summed E-state index contributed by atoms with van der Waals surface area (Å²) in [6.45, 7) is 0.708. The molecule has 0 fully saturated rings. The normalized spacial score (nSPS) is 16.4. The molecule has 0 saturated carbocycles. The van der Waals surface area contributed by atoms with Crippen LogP contribution in [0.25, 0.3) is 0 Å². The predicted molar refractivity (Wildman–Crippen MR) is 63.6 cm³/mol. The maximum Gasteiger partial charge on any atom is 0.243 e. The van der Waals surface area contributed by atoms with Crippen LogP contribution in [0, 0.1) is 17.1 Å². The van der Waals surface area contributed by atoms with Crippen molar-refractivity contribution in [1.82, 2.24) is 4.31 Å². The van der Waals surface area contributed by atoms with Gasteiger partial charge in [-0.15, -0.1) is 0 Å². The third-order valence-electron chi connectivity index (χ3n) is 2.72. The van der Waals surface area contributed by atoms with Gasteiger partial charge in [-0.1, -0.05) is 12.2 Å². The summed E-state index contributed by atoms with van der Waals surface area (Å²) in [4.78, 5) is -0.0456. The van der Waals surface area contributed by atoms with Crippen molar-refractivity contribution in [3.05, 3.63) is 41.7 Å². The Hall–Kier alpha value is -1.71. The second-order valence-corrected chi connectivity index (χ2v) is 5.81.